The van der Waals surface area contributed by atoms with Crippen LogP contribution in [0.15, 0.2) is 36.1 Å². The Balaban J connectivity index is 1.47. The predicted molar refractivity (Wildman–Crippen MR) is 121 cm³/mol. The lowest BCUT2D eigenvalue weighted by atomic mass is 10.3. The zero-order valence-corrected chi connectivity index (χ0v) is 18.6. The van der Waals surface area contributed by atoms with Crippen LogP contribution in [0.25, 0.3) is 16.7 Å². The van der Waals surface area contributed by atoms with Crippen molar-refractivity contribution in [1.29, 1.82) is 0 Å². The Morgan fingerprint density at radius 1 is 1.42 bits per heavy atom. The van der Waals surface area contributed by atoms with E-state index in [1.54, 1.807) is 22.3 Å². The molecule has 0 spiro atoms. The molecule has 2 N–H and O–H groups in total. The van der Waals surface area contributed by atoms with Crippen LogP contribution < -0.4 is 15.4 Å². The molecule has 0 aliphatic carbocycles. The Hall–Kier alpha value is -3.51. The average molecular weight is 472 g/mol. The summed E-state index contributed by atoms with van der Waals surface area (Å²) in [7, 11) is 1.86. The van der Waals surface area contributed by atoms with Gasteiger partial charge in [-0.2, -0.15) is 10.1 Å². The molecule has 5 rings (SSSR count). The number of rotatable bonds is 8. The number of aryl methyl sites for hydroxylation is 1. The van der Waals surface area contributed by atoms with E-state index in [4.69, 9.17) is 9.47 Å². The SMILES string of the molecule is Cn1cc(-n2ccc3nc(Nc4cc(C(=O)NCCF)cs4)nc(O[C@H]4CCOC4)c32)cn1. The van der Waals surface area contributed by atoms with Crippen LogP contribution in [0.4, 0.5) is 15.3 Å². The van der Waals surface area contributed by atoms with E-state index in [0.29, 0.717) is 41.1 Å². The maximum Gasteiger partial charge on any atom is 0.252 e. The lowest BCUT2D eigenvalue weighted by molar-refractivity contribution is 0.0951. The van der Waals surface area contributed by atoms with Gasteiger partial charge < -0.3 is 24.7 Å². The third-order valence-electron chi connectivity index (χ3n) is 5.11. The van der Waals surface area contributed by atoms with Crippen molar-refractivity contribution >= 4 is 39.2 Å². The summed E-state index contributed by atoms with van der Waals surface area (Å²) in [6, 6.07) is 3.56. The van der Waals surface area contributed by atoms with Gasteiger partial charge in [-0.05, 0) is 12.1 Å². The molecule has 5 heterocycles. The maximum absolute atomic E-state index is 12.3. The van der Waals surface area contributed by atoms with Crippen LogP contribution in [-0.2, 0) is 11.8 Å². The lowest BCUT2D eigenvalue weighted by Gasteiger charge is -2.14. The number of anilines is 2. The molecule has 1 aliphatic rings. The van der Waals surface area contributed by atoms with Gasteiger partial charge in [-0.1, -0.05) is 0 Å². The molecule has 4 aromatic heterocycles. The fourth-order valence-corrected chi connectivity index (χ4v) is 4.33. The minimum atomic E-state index is -0.609. The van der Waals surface area contributed by atoms with Crippen LogP contribution in [0.5, 0.6) is 5.88 Å². The summed E-state index contributed by atoms with van der Waals surface area (Å²) >= 11 is 1.33. The number of amides is 1. The minimum Gasteiger partial charge on any atom is -0.470 e. The Bertz CT molecular complexity index is 1280. The highest BCUT2D eigenvalue weighted by molar-refractivity contribution is 7.14. The van der Waals surface area contributed by atoms with Crippen molar-refractivity contribution in [3.05, 3.63) is 41.7 Å². The van der Waals surface area contributed by atoms with Gasteiger partial charge in [0.2, 0.25) is 11.8 Å². The topological polar surface area (TPSA) is 108 Å². The summed E-state index contributed by atoms with van der Waals surface area (Å²) in [5, 5.41) is 12.3. The van der Waals surface area contributed by atoms with Crippen molar-refractivity contribution in [1.82, 2.24) is 29.6 Å². The molecule has 12 heteroatoms. The average Bonchev–Trinajstić information content (AvgIpc) is 3.59. The standard InChI is InChI=1S/C21H22FN7O3S/c1-28-10-14(9-24-28)29-6-2-16-18(29)20(32-15-3-7-31-11-15)27-21(25-16)26-17-8-13(12-33-17)19(30)23-5-4-22/h2,6,8-10,12,15H,3-5,7,11H2,1H3,(H,23,30)(H,25,26,27)/t15-/m0/s1. The molecule has 1 saturated heterocycles. The molecular weight excluding hydrogens is 449 g/mol. The molecule has 0 unspecified atom stereocenters. The highest BCUT2D eigenvalue weighted by Gasteiger charge is 2.22. The van der Waals surface area contributed by atoms with E-state index >= 15 is 0 Å². The first-order valence-corrected chi connectivity index (χ1v) is 11.3. The van der Waals surface area contributed by atoms with Gasteiger partial charge in [0, 0.05) is 37.8 Å². The number of halogens is 1. The summed E-state index contributed by atoms with van der Waals surface area (Å²) in [4.78, 5) is 21.3. The molecule has 1 amide bonds. The van der Waals surface area contributed by atoms with E-state index in [1.165, 1.54) is 11.3 Å². The van der Waals surface area contributed by atoms with Crippen LogP contribution in [-0.4, -0.2) is 62.8 Å². The van der Waals surface area contributed by atoms with Crippen LogP contribution in [0.1, 0.15) is 16.8 Å². The number of nitrogens with one attached hydrogen (secondary N) is 2. The van der Waals surface area contributed by atoms with Gasteiger partial charge >= 0.3 is 0 Å². The molecule has 0 bridgehead atoms. The molecular formula is C21H22FN7O3S. The van der Waals surface area contributed by atoms with Crippen molar-refractivity contribution in [3.63, 3.8) is 0 Å². The van der Waals surface area contributed by atoms with Gasteiger partial charge in [0.1, 0.15) is 18.3 Å². The minimum absolute atomic E-state index is 0.0171. The molecule has 0 radical (unpaired) electrons. The number of hydrogen-bond donors (Lipinski definition) is 2. The fourth-order valence-electron chi connectivity index (χ4n) is 3.56. The highest BCUT2D eigenvalue weighted by atomic mass is 32.1. The fraction of sp³-hybridized carbons (Fsp3) is 0.333. The van der Waals surface area contributed by atoms with Crippen LogP contribution >= 0.6 is 11.3 Å². The zero-order valence-electron chi connectivity index (χ0n) is 17.8. The second-order valence-electron chi connectivity index (χ2n) is 7.52. The summed E-state index contributed by atoms with van der Waals surface area (Å²) in [6.07, 6.45) is 6.24. The van der Waals surface area contributed by atoms with Gasteiger partial charge in [-0.15, -0.1) is 11.3 Å². The molecule has 4 aromatic rings. The first kappa shape index (κ1) is 21.3. The van der Waals surface area contributed by atoms with E-state index in [2.05, 4.69) is 25.7 Å². The smallest absolute Gasteiger partial charge is 0.252 e. The second kappa shape index (κ2) is 9.16. The number of hydrogen-bond acceptors (Lipinski definition) is 8. The van der Waals surface area contributed by atoms with Gasteiger partial charge in [-0.25, -0.2) is 9.37 Å². The molecule has 0 saturated carbocycles. The predicted octanol–water partition coefficient (Wildman–Crippen LogP) is 2.83. The molecule has 33 heavy (non-hydrogen) atoms. The highest BCUT2D eigenvalue weighted by Crippen LogP contribution is 2.31. The molecule has 1 aliphatic heterocycles. The number of carbonyl (C=O) groups is 1. The quantitative estimate of drug-likeness (QED) is 0.407. The van der Waals surface area contributed by atoms with Gasteiger partial charge in [-0.3, -0.25) is 9.48 Å². The molecule has 0 aromatic carbocycles. The number of carbonyl (C=O) groups excluding carboxylic acids is 1. The first-order chi connectivity index (χ1) is 16.1. The second-order valence-corrected chi connectivity index (χ2v) is 8.43. The Morgan fingerprint density at radius 2 is 2.33 bits per heavy atom. The van der Waals surface area contributed by atoms with Crippen molar-refractivity contribution in [2.75, 3.05) is 31.7 Å². The molecule has 1 fully saturated rings. The van der Waals surface area contributed by atoms with E-state index in [9.17, 15) is 9.18 Å². The lowest BCUT2D eigenvalue weighted by Crippen LogP contribution is -2.24. The van der Waals surface area contributed by atoms with Crippen LogP contribution in [0.2, 0.25) is 0 Å². The van der Waals surface area contributed by atoms with E-state index < -0.39 is 6.67 Å². The Labute approximate surface area is 192 Å². The number of nitrogens with zero attached hydrogens (tertiary/aromatic N) is 5. The maximum atomic E-state index is 12.3. The largest absolute Gasteiger partial charge is 0.470 e. The van der Waals surface area contributed by atoms with Crippen LogP contribution in [0.3, 0.4) is 0 Å². The van der Waals surface area contributed by atoms with E-state index in [0.717, 1.165) is 17.6 Å². The Morgan fingerprint density at radius 3 is 3.09 bits per heavy atom. The molecule has 1 atom stereocenters. The molecule has 172 valence electrons. The monoisotopic (exact) mass is 471 g/mol. The van der Waals surface area contributed by atoms with E-state index in [-0.39, 0.29) is 18.6 Å². The first-order valence-electron chi connectivity index (χ1n) is 10.4. The van der Waals surface area contributed by atoms with Crippen molar-refractivity contribution < 1.29 is 18.7 Å². The number of ether oxygens (including phenoxy) is 2. The molecule has 10 nitrogen and oxygen atoms in total. The van der Waals surface area contributed by atoms with Gasteiger partial charge in [0.25, 0.3) is 5.91 Å². The third kappa shape index (κ3) is 4.52. The Kier molecular flexibility index (Phi) is 5.92. The normalized spacial score (nSPS) is 15.8. The summed E-state index contributed by atoms with van der Waals surface area (Å²) in [5.41, 5.74) is 2.74. The summed E-state index contributed by atoms with van der Waals surface area (Å²) in [5.74, 6) is 0.453. The third-order valence-corrected chi connectivity index (χ3v) is 5.96. The van der Waals surface area contributed by atoms with Crippen molar-refractivity contribution in [2.45, 2.75) is 12.5 Å². The number of aromatic nitrogens is 5. The van der Waals surface area contributed by atoms with Gasteiger partial charge in [0.15, 0.2) is 0 Å². The summed E-state index contributed by atoms with van der Waals surface area (Å²) in [6.45, 7) is 0.527. The summed E-state index contributed by atoms with van der Waals surface area (Å²) < 4.78 is 27.7. The van der Waals surface area contributed by atoms with Crippen molar-refractivity contribution in [2.24, 2.45) is 7.05 Å². The van der Waals surface area contributed by atoms with E-state index in [1.807, 2.05) is 30.1 Å². The van der Waals surface area contributed by atoms with Crippen molar-refractivity contribution in [3.8, 4) is 11.6 Å². The zero-order chi connectivity index (χ0) is 22.8. The number of fused-ring (bicyclic) bond motifs is 1. The van der Waals surface area contributed by atoms with Gasteiger partial charge in [0.05, 0.1) is 41.2 Å². The number of alkyl halides is 1. The number of thiophene rings is 1. The van der Waals surface area contributed by atoms with Crippen LogP contribution in [0, 0.1) is 0 Å².